The Morgan fingerprint density at radius 1 is 1.22 bits per heavy atom. The molecule has 3 heteroatoms. The first-order valence-electron chi connectivity index (χ1n) is 5.57. The minimum atomic E-state index is -0.247. The van der Waals surface area contributed by atoms with E-state index < -0.39 is 0 Å². The van der Waals surface area contributed by atoms with Gasteiger partial charge in [-0.2, -0.15) is 5.26 Å². The van der Waals surface area contributed by atoms with Gasteiger partial charge in [-0.05, 0) is 48.4 Å². The first kappa shape index (κ1) is 12.1. The van der Waals surface area contributed by atoms with Gasteiger partial charge in [-0.15, -0.1) is 0 Å². The van der Waals surface area contributed by atoms with E-state index in [1.54, 1.807) is 30.3 Å². The summed E-state index contributed by atoms with van der Waals surface area (Å²) in [7, 11) is 0. The number of hydrogen-bond donors (Lipinski definition) is 0. The van der Waals surface area contributed by atoms with Crippen LogP contribution in [0.15, 0.2) is 42.5 Å². The fourth-order valence-electron chi connectivity index (χ4n) is 1.64. The van der Waals surface area contributed by atoms with Crippen LogP contribution in [0.25, 0.3) is 0 Å². The molecule has 2 nitrogen and oxygen atoms in total. The first-order chi connectivity index (χ1) is 8.69. The Hall–Kier alpha value is -2.34. The fraction of sp³-hybridized carbons (Fsp3) is 0.133. The van der Waals surface area contributed by atoms with Crippen LogP contribution in [0.1, 0.15) is 16.7 Å². The van der Waals surface area contributed by atoms with Crippen molar-refractivity contribution in [2.45, 2.75) is 13.5 Å². The maximum atomic E-state index is 12.9. The molecule has 2 aromatic rings. The van der Waals surface area contributed by atoms with Crippen LogP contribution in [0, 0.1) is 24.1 Å². The van der Waals surface area contributed by atoms with Gasteiger partial charge in [-0.1, -0.05) is 12.1 Å². The van der Waals surface area contributed by atoms with Crippen molar-refractivity contribution in [2.24, 2.45) is 0 Å². The SMILES string of the molecule is Cc1cc(F)ccc1COc1cccc(C#N)c1. The molecule has 0 N–H and O–H groups in total. The lowest BCUT2D eigenvalue weighted by atomic mass is 10.1. The van der Waals surface area contributed by atoms with E-state index in [9.17, 15) is 4.39 Å². The van der Waals surface area contributed by atoms with Gasteiger partial charge in [0.05, 0.1) is 11.6 Å². The lowest BCUT2D eigenvalue weighted by Gasteiger charge is -2.08. The molecule has 0 unspecified atom stereocenters. The summed E-state index contributed by atoms with van der Waals surface area (Å²) in [5.41, 5.74) is 2.34. The van der Waals surface area contributed by atoms with E-state index >= 15 is 0 Å². The zero-order chi connectivity index (χ0) is 13.0. The predicted molar refractivity (Wildman–Crippen MR) is 66.6 cm³/mol. The molecule has 0 radical (unpaired) electrons. The molecule has 0 saturated heterocycles. The molecule has 0 atom stereocenters. The van der Waals surface area contributed by atoms with Gasteiger partial charge >= 0.3 is 0 Å². The monoisotopic (exact) mass is 241 g/mol. The Balaban J connectivity index is 2.09. The molecule has 0 heterocycles. The number of benzene rings is 2. The zero-order valence-electron chi connectivity index (χ0n) is 9.98. The normalized spacial score (nSPS) is 9.83. The second-order valence-electron chi connectivity index (χ2n) is 4.00. The number of halogens is 1. The molecule has 0 amide bonds. The van der Waals surface area contributed by atoms with Gasteiger partial charge in [0.1, 0.15) is 18.2 Å². The third-order valence-electron chi connectivity index (χ3n) is 2.66. The highest BCUT2D eigenvalue weighted by Crippen LogP contribution is 2.16. The topological polar surface area (TPSA) is 33.0 Å². The van der Waals surface area contributed by atoms with Crippen LogP contribution in [0.2, 0.25) is 0 Å². The Bertz CT molecular complexity index is 602. The summed E-state index contributed by atoms with van der Waals surface area (Å²) < 4.78 is 18.5. The molecule has 2 aromatic carbocycles. The van der Waals surface area contributed by atoms with E-state index in [0.29, 0.717) is 17.9 Å². The van der Waals surface area contributed by atoms with Gasteiger partial charge in [-0.3, -0.25) is 0 Å². The van der Waals surface area contributed by atoms with E-state index in [1.807, 2.05) is 6.92 Å². The largest absolute Gasteiger partial charge is 0.489 e. The third-order valence-corrected chi connectivity index (χ3v) is 2.66. The van der Waals surface area contributed by atoms with Crippen molar-refractivity contribution < 1.29 is 9.13 Å². The molecule has 0 aliphatic heterocycles. The standard InChI is InChI=1S/C15H12FNO/c1-11-7-14(16)6-5-13(11)10-18-15-4-2-3-12(8-15)9-17/h2-8H,10H2,1H3. The van der Waals surface area contributed by atoms with Crippen molar-refractivity contribution in [2.75, 3.05) is 0 Å². The van der Waals surface area contributed by atoms with E-state index in [2.05, 4.69) is 6.07 Å². The Labute approximate surface area is 105 Å². The highest BCUT2D eigenvalue weighted by molar-refractivity contribution is 5.36. The van der Waals surface area contributed by atoms with Crippen molar-refractivity contribution in [1.29, 1.82) is 5.26 Å². The van der Waals surface area contributed by atoms with Crippen LogP contribution < -0.4 is 4.74 Å². The highest BCUT2D eigenvalue weighted by atomic mass is 19.1. The van der Waals surface area contributed by atoms with Gasteiger partial charge in [0.15, 0.2) is 0 Å². The fourth-order valence-corrected chi connectivity index (χ4v) is 1.64. The summed E-state index contributed by atoms with van der Waals surface area (Å²) >= 11 is 0. The molecular weight excluding hydrogens is 229 g/mol. The molecule has 0 aromatic heterocycles. The average molecular weight is 241 g/mol. The van der Waals surface area contributed by atoms with Gasteiger partial charge in [0.2, 0.25) is 0 Å². The van der Waals surface area contributed by atoms with E-state index in [1.165, 1.54) is 12.1 Å². The summed E-state index contributed by atoms with van der Waals surface area (Å²) in [6.45, 7) is 2.20. The quantitative estimate of drug-likeness (QED) is 0.822. The number of hydrogen-bond acceptors (Lipinski definition) is 2. The third kappa shape index (κ3) is 2.86. The van der Waals surface area contributed by atoms with Crippen LogP contribution in [-0.4, -0.2) is 0 Å². The molecule has 0 fully saturated rings. The predicted octanol–water partition coefficient (Wildman–Crippen LogP) is 3.58. The highest BCUT2D eigenvalue weighted by Gasteiger charge is 2.02. The number of rotatable bonds is 3. The maximum Gasteiger partial charge on any atom is 0.123 e. The molecule has 0 saturated carbocycles. The molecule has 0 aliphatic carbocycles. The molecule has 90 valence electrons. The van der Waals surface area contributed by atoms with Crippen LogP contribution in [0.4, 0.5) is 4.39 Å². The molecule has 18 heavy (non-hydrogen) atoms. The summed E-state index contributed by atoms with van der Waals surface area (Å²) in [6.07, 6.45) is 0. The van der Waals surface area contributed by atoms with Crippen molar-refractivity contribution >= 4 is 0 Å². The summed E-state index contributed by atoms with van der Waals surface area (Å²) in [5.74, 6) is 0.389. The lowest BCUT2D eigenvalue weighted by Crippen LogP contribution is -1.98. The van der Waals surface area contributed by atoms with Crippen molar-refractivity contribution in [3.05, 3.63) is 65.0 Å². The molecule has 0 aliphatic rings. The van der Waals surface area contributed by atoms with Crippen LogP contribution in [-0.2, 0) is 6.61 Å². The van der Waals surface area contributed by atoms with Crippen molar-refractivity contribution in [3.63, 3.8) is 0 Å². The number of aryl methyl sites for hydroxylation is 1. The molecule has 0 spiro atoms. The summed E-state index contributed by atoms with van der Waals surface area (Å²) in [4.78, 5) is 0. The van der Waals surface area contributed by atoms with Gasteiger partial charge < -0.3 is 4.74 Å². The second-order valence-corrected chi connectivity index (χ2v) is 4.00. The van der Waals surface area contributed by atoms with E-state index in [4.69, 9.17) is 10.00 Å². The van der Waals surface area contributed by atoms with Crippen molar-refractivity contribution in [1.82, 2.24) is 0 Å². The van der Waals surface area contributed by atoms with Crippen LogP contribution in [0.3, 0.4) is 0 Å². The van der Waals surface area contributed by atoms with E-state index in [0.717, 1.165) is 11.1 Å². The molecule has 0 bridgehead atoms. The summed E-state index contributed by atoms with van der Waals surface area (Å²) in [6, 6.07) is 13.6. The average Bonchev–Trinajstić information content (AvgIpc) is 2.38. The first-order valence-corrected chi connectivity index (χ1v) is 5.57. The van der Waals surface area contributed by atoms with E-state index in [-0.39, 0.29) is 5.82 Å². The minimum Gasteiger partial charge on any atom is -0.489 e. The maximum absolute atomic E-state index is 12.9. The lowest BCUT2D eigenvalue weighted by molar-refractivity contribution is 0.305. The Morgan fingerprint density at radius 2 is 2.06 bits per heavy atom. The number of nitrogens with zero attached hydrogens (tertiary/aromatic N) is 1. The van der Waals surface area contributed by atoms with Gasteiger partial charge in [-0.25, -0.2) is 4.39 Å². The smallest absolute Gasteiger partial charge is 0.123 e. The number of nitriles is 1. The van der Waals surface area contributed by atoms with Crippen LogP contribution >= 0.6 is 0 Å². The second kappa shape index (κ2) is 5.33. The van der Waals surface area contributed by atoms with Gasteiger partial charge in [0, 0.05) is 0 Å². The molecule has 2 rings (SSSR count). The Morgan fingerprint density at radius 3 is 2.78 bits per heavy atom. The van der Waals surface area contributed by atoms with Gasteiger partial charge in [0.25, 0.3) is 0 Å². The minimum absolute atomic E-state index is 0.247. The Kier molecular flexibility index (Phi) is 3.59. The molecular formula is C15H12FNO. The van der Waals surface area contributed by atoms with Crippen molar-refractivity contribution in [3.8, 4) is 11.8 Å². The zero-order valence-corrected chi connectivity index (χ0v) is 9.98. The van der Waals surface area contributed by atoms with Crippen LogP contribution in [0.5, 0.6) is 5.75 Å². The number of ether oxygens (including phenoxy) is 1. The summed E-state index contributed by atoms with van der Waals surface area (Å²) in [5, 5.41) is 8.77.